The quantitative estimate of drug-likeness (QED) is 0.849. The topological polar surface area (TPSA) is 64.3 Å². The molecular weight excluding hydrogens is 223 g/mol. The molecule has 5 heteroatoms. The lowest BCUT2D eigenvalue weighted by Gasteiger charge is -2.09. The van der Waals surface area contributed by atoms with E-state index < -0.39 is 6.09 Å². The summed E-state index contributed by atoms with van der Waals surface area (Å²) in [5, 5.41) is 2.52. The lowest BCUT2D eigenvalue weighted by Crippen LogP contribution is -2.17. The molecule has 0 bridgehead atoms. The first kappa shape index (κ1) is 13.4. The van der Waals surface area contributed by atoms with Crippen molar-refractivity contribution in [1.82, 2.24) is 0 Å². The Morgan fingerprint density at radius 1 is 1.53 bits per heavy atom. The van der Waals surface area contributed by atoms with Gasteiger partial charge in [-0.05, 0) is 24.1 Å². The van der Waals surface area contributed by atoms with Gasteiger partial charge < -0.3 is 10.5 Å². The number of nitrogens with two attached hydrogens (primary N) is 1. The third kappa shape index (κ3) is 4.40. The fraction of sp³-hybridized carbons (Fsp3) is 0.417. The summed E-state index contributed by atoms with van der Waals surface area (Å²) in [5.41, 5.74) is 6.19. The van der Waals surface area contributed by atoms with E-state index in [1.165, 1.54) is 18.2 Å². The van der Waals surface area contributed by atoms with Gasteiger partial charge in [0.25, 0.3) is 0 Å². The highest BCUT2D eigenvalue weighted by Crippen LogP contribution is 2.14. The van der Waals surface area contributed by atoms with Gasteiger partial charge in [0.1, 0.15) is 5.82 Å². The molecule has 1 rings (SSSR count). The summed E-state index contributed by atoms with van der Waals surface area (Å²) in [6.45, 7) is 4.31. The highest BCUT2D eigenvalue weighted by atomic mass is 19.1. The van der Waals surface area contributed by atoms with Gasteiger partial charge in [0, 0.05) is 17.8 Å². The smallest absolute Gasteiger partial charge is 0.411 e. The van der Waals surface area contributed by atoms with Crippen molar-refractivity contribution < 1.29 is 13.9 Å². The fourth-order valence-corrected chi connectivity index (χ4v) is 1.21. The fourth-order valence-electron chi connectivity index (χ4n) is 1.21. The summed E-state index contributed by atoms with van der Waals surface area (Å²) in [4.78, 5) is 11.3. The van der Waals surface area contributed by atoms with Crippen molar-refractivity contribution in [3.8, 4) is 0 Å². The number of halogens is 1. The van der Waals surface area contributed by atoms with Crippen LogP contribution in [0.25, 0.3) is 0 Å². The van der Waals surface area contributed by atoms with Crippen LogP contribution in [-0.4, -0.2) is 12.7 Å². The second-order valence-electron chi connectivity index (χ2n) is 4.13. The Hall–Kier alpha value is -1.62. The summed E-state index contributed by atoms with van der Waals surface area (Å²) in [5.74, 6) is -0.109. The number of carbonyl (C=O) groups excluding carboxylic acids is 1. The van der Waals surface area contributed by atoms with E-state index in [4.69, 9.17) is 10.5 Å². The number of ether oxygens (including phenoxy) is 1. The molecular formula is C12H17FN2O2. The average molecular weight is 240 g/mol. The SMILES string of the molecule is CC(C)COC(=O)Nc1ccc(F)c(CN)c1. The van der Waals surface area contributed by atoms with Crippen molar-refractivity contribution in [2.24, 2.45) is 11.7 Å². The van der Waals surface area contributed by atoms with Crippen molar-refractivity contribution in [2.45, 2.75) is 20.4 Å². The van der Waals surface area contributed by atoms with Crippen LogP contribution in [-0.2, 0) is 11.3 Å². The van der Waals surface area contributed by atoms with E-state index >= 15 is 0 Å². The molecule has 94 valence electrons. The Labute approximate surface area is 100.0 Å². The lowest BCUT2D eigenvalue weighted by atomic mass is 10.2. The van der Waals surface area contributed by atoms with Crippen molar-refractivity contribution >= 4 is 11.8 Å². The molecule has 0 aliphatic heterocycles. The van der Waals surface area contributed by atoms with Crippen LogP contribution in [0.3, 0.4) is 0 Å². The zero-order valence-corrected chi connectivity index (χ0v) is 10.00. The summed E-state index contributed by atoms with van der Waals surface area (Å²) < 4.78 is 18.1. The molecule has 0 atom stereocenters. The maximum Gasteiger partial charge on any atom is 0.411 e. The van der Waals surface area contributed by atoms with E-state index in [0.29, 0.717) is 17.9 Å². The number of carbonyl (C=O) groups is 1. The first-order chi connectivity index (χ1) is 8.02. The average Bonchev–Trinajstić information content (AvgIpc) is 2.29. The predicted octanol–water partition coefficient (Wildman–Crippen LogP) is 2.49. The summed E-state index contributed by atoms with van der Waals surface area (Å²) in [6.07, 6.45) is -0.548. The number of hydrogen-bond donors (Lipinski definition) is 2. The number of benzene rings is 1. The molecule has 0 saturated heterocycles. The van der Waals surface area contributed by atoms with Crippen molar-refractivity contribution in [3.63, 3.8) is 0 Å². The van der Waals surface area contributed by atoms with Crippen LogP contribution in [0.2, 0.25) is 0 Å². The van der Waals surface area contributed by atoms with Crippen LogP contribution in [0, 0.1) is 11.7 Å². The van der Waals surface area contributed by atoms with Gasteiger partial charge in [0.05, 0.1) is 6.61 Å². The molecule has 0 fully saturated rings. The number of nitrogens with one attached hydrogen (secondary N) is 1. The highest BCUT2D eigenvalue weighted by molar-refractivity contribution is 5.84. The minimum absolute atomic E-state index is 0.0857. The molecule has 0 radical (unpaired) electrons. The van der Waals surface area contributed by atoms with E-state index in [1.807, 2.05) is 13.8 Å². The molecule has 1 aromatic carbocycles. The Morgan fingerprint density at radius 2 is 2.24 bits per heavy atom. The zero-order chi connectivity index (χ0) is 12.8. The minimum Gasteiger partial charge on any atom is -0.449 e. The number of amides is 1. The van der Waals surface area contributed by atoms with Gasteiger partial charge in [-0.25, -0.2) is 9.18 Å². The molecule has 0 heterocycles. The van der Waals surface area contributed by atoms with Gasteiger partial charge in [0.2, 0.25) is 0 Å². The van der Waals surface area contributed by atoms with E-state index in [-0.39, 0.29) is 18.3 Å². The molecule has 0 spiro atoms. The minimum atomic E-state index is -0.548. The van der Waals surface area contributed by atoms with Gasteiger partial charge in [0.15, 0.2) is 0 Å². The molecule has 17 heavy (non-hydrogen) atoms. The van der Waals surface area contributed by atoms with Crippen LogP contribution in [0.4, 0.5) is 14.9 Å². The van der Waals surface area contributed by atoms with E-state index in [0.717, 1.165) is 0 Å². The Morgan fingerprint density at radius 3 is 2.82 bits per heavy atom. The number of rotatable bonds is 4. The molecule has 3 N–H and O–H groups in total. The van der Waals surface area contributed by atoms with Crippen LogP contribution >= 0.6 is 0 Å². The van der Waals surface area contributed by atoms with E-state index in [1.54, 1.807) is 0 Å². The van der Waals surface area contributed by atoms with Gasteiger partial charge in [-0.15, -0.1) is 0 Å². The van der Waals surface area contributed by atoms with E-state index in [2.05, 4.69) is 5.32 Å². The van der Waals surface area contributed by atoms with Crippen LogP contribution in [0.15, 0.2) is 18.2 Å². The lowest BCUT2D eigenvalue weighted by molar-refractivity contribution is 0.147. The third-order valence-electron chi connectivity index (χ3n) is 2.06. The third-order valence-corrected chi connectivity index (χ3v) is 2.06. The molecule has 0 aromatic heterocycles. The zero-order valence-electron chi connectivity index (χ0n) is 10.00. The summed E-state index contributed by atoms with van der Waals surface area (Å²) in [7, 11) is 0. The summed E-state index contributed by atoms with van der Waals surface area (Å²) in [6, 6.07) is 4.22. The second kappa shape index (κ2) is 6.20. The van der Waals surface area contributed by atoms with Gasteiger partial charge in [-0.1, -0.05) is 13.8 Å². The highest BCUT2D eigenvalue weighted by Gasteiger charge is 2.07. The standard InChI is InChI=1S/C12H17FN2O2/c1-8(2)7-17-12(16)15-10-3-4-11(13)9(5-10)6-14/h3-5,8H,6-7,14H2,1-2H3,(H,15,16). The van der Waals surface area contributed by atoms with Gasteiger partial charge in [-0.3, -0.25) is 5.32 Å². The Bertz CT molecular complexity index is 394. The Balaban J connectivity index is 2.59. The molecule has 4 nitrogen and oxygen atoms in total. The number of hydrogen-bond acceptors (Lipinski definition) is 3. The monoisotopic (exact) mass is 240 g/mol. The largest absolute Gasteiger partial charge is 0.449 e. The maximum atomic E-state index is 13.1. The van der Waals surface area contributed by atoms with Gasteiger partial charge in [-0.2, -0.15) is 0 Å². The predicted molar refractivity (Wildman–Crippen MR) is 64.1 cm³/mol. The van der Waals surface area contributed by atoms with Crippen LogP contribution < -0.4 is 11.1 Å². The summed E-state index contributed by atoms with van der Waals surface area (Å²) >= 11 is 0. The second-order valence-corrected chi connectivity index (χ2v) is 4.13. The van der Waals surface area contributed by atoms with Crippen LogP contribution in [0.1, 0.15) is 19.4 Å². The Kier molecular flexibility index (Phi) is 4.90. The van der Waals surface area contributed by atoms with Crippen LogP contribution in [0.5, 0.6) is 0 Å². The molecule has 0 aliphatic carbocycles. The van der Waals surface area contributed by atoms with Crippen molar-refractivity contribution in [1.29, 1.82) is 0 Å². The molecule has 0 aliphatic rings. The van der Waals surface area contributed by atoms with Gasteiger partial charge >= 0.3 is 6.09 Å². The molecule has 1 amide bonds. The molecule has 1 aromatic rings. The van der Waals surface area contributed by atoms with Crippen molar-refractivity contribution in [3.05, 3.63) is 29.6 Å². The molecule has 0 saturated carbocycles. The van der Waals surface area contributed by atoms with E-state index in [9.17, 15) is 9.18 Å². The van der Waals surface area contributed by atoms with Crippen molar-refractivity contribution in [2.75, 3.05) is 11.9 Å². The first-order valence-corrected chi connectivity index (χ1v) is 5.45. The number of anilines is 1. The molecule has 0 unspecified atom stereocenters. The normalized spacial score (nSPS) is 10.4. The maximum absolute atomic E-state index is 13.1. The first-order valence-electron chi connectivity index (χ1n) is 5.45.